The first-order chi connectivity index (χ1) is 12.8. The van der Waals surface area contributed by atoms with E-state index in [1.165, 1.54) is 0 Å². The first-order valence-corrected chi connectivity index (χ1v) is 9.31. The van der Waals surface area contributed by atoms with Crippen LogP contribution in [0.5, 0.6) is 5.75 Å². The van der Waals surface area contributed by atoms with Gasteiger partial charge >= 0.3 is 0 Å². The summed E-state index contributed by atoms with van der Waals surface area (Å²) in [6, 6.07) is 12.4. The summed E-state index contributed by atoms with van der Waals surface area (Å²) in [5.74, 6) is 0.452. The van der Waals surface area contributed by atoms with Crippen molar-refractivity contribution in [2.24, 2.45) is 0 Å². The number of benzene rings is 2. The molecule has 6 heteroatoms. The largest absolute Gasteiger partial charge is 0.478 e. The number of aryl methyl sites for hydroxylation is 1. The molecule has 0 spiro atoms. The maximum absolute atomic E-state index is 12.7. The number of halogens is 1. The quantitative estimate of drug-likeness (QED) is 0.818. The molecular formula is C21H23ClN2O3. The molecule has 27 heavy (non-hydrogen) atoms. The second-order valence-corrected chi connectivity index (χ2v) is 7.61. The van der Waals surface area contributed by atoms with Gasteiger partial charge in [-0.2, -0.15) is 0 Å². The van der Waals surface area contributed by atoms with Crippen molar-refractivity contribution < 1.29 is 14.3 Å². The molecule has 2 aromatic rings. The fourth-order valence-electron chi connectivity index (χ4n) is 3.06. The van der Waals surface area contributed by atoms with E-state index in [0.29, 0.717) is 22.9 Å². The Labute approximate surface area is 164 Å². The molecule has 0 radical (unpaired) electrons. The standard InChI is InChI=1S/C21H23ClN2O3/c1-14-13-16(8-11-18(14)24-12-4-5-19(24)25)23-20(26)21(2,3)27-17-9-6-15(22)7-10-17/h6-11,13H,4-5,12H2,1-3H3,(H,23,26). The zero-order chi connectivity index (χ0) is 19.6. The van der Waals surface area contributed by atoms with Crippen LogP contribution in [-0.4, -0.2) is 24.0 Å². The maximum Gasteiger partial charge on any atom is 0.267 e. The fourth-order valence-corrected chi connectivity index (χ4v) is 3.19. The topological polar surface area (TPSA) is 58.6 Å². The zero-order valence-electron chi connectivity index (χ0n) is 15.7. The molecule has 3 rings (SSSR count). The lowest BCUT2D eigenvalue weighted by molar-refractivity contribution is -0.128. The Hall–Kier alpha value is -2.53. The molecule has 0 aliphatic carbocycles. The summed E-state index contributed by atoms with van der Waals surface area (Å²) < 4.78 is 5.82. The van der Waals surface area contributed by atoms with Gasteiger partial charge in [-0.3, -0.25) is 9.59 Å². The van der Waals surface area contributed by atoms with Crippen LogP contribution in [-0.2, 0) is 9.59 Å². The number of amides is 2. The van der Waals surface area contributed by atoms with Crippen molar-refractivity contribution >= 4 is 34.8 Å². The van der Waals surface area contributed by atoms with Crippen LogP contribution in [0.15, 0.2) is 42.5 Å². The predicted octanol–water partition coefficient (Wildman–Crippen LogP) is 4.57. The van der Waals surface area contributed by atoms with E-state index in [0.717, 1.165) is 24.2 Å². The average molecular weight is 387 g/mol. The molecule has 1 saturated heterocycles. The number of nitrogens with one attached hydrogen (secondary N) is 1. The van der Waals surface area contributed by atoms with E-state index < -0.39 is 5.60 Å². The van der Waals surface area contributed by atoms with E-state index in [1.807, 2.05) is 25.1 Å². The minimum atomic E-state index is -1.06. The summed E-state index contributed by atoms with van der Waals surface area (Å²) in [5.41, 5.74) is 1.44. The predicted molar refractivity (Wildman–Crippen MR) is 108 cm³/mol. The van der Waals surface area contributed by atoms with E-state index in [2.05, 4.69) is 5.32 Å². The second-order valence-electron chi connectivity index (χ2n) is 7.17. The molecule has 2 amide bonds. The van der Waals surface area contributed by atoms with Crippen LogP contribution in [0.4, 0.5) is 11.4 Å². The number of carbonyl (C=O) groups excluding carboxylic acids is 2. The molecule has 0 atom stereocenters. The van der Waals surface area contributed by atoms with Crippen molar-refractivity contribution in [1.82, 2.24) is 0 Å². The monoisotopic (exact) mass is 386 g/mol. The van der Waals surface area contributed by atoms with E-state index in [9.17, 15) is 9.59 Å². The van der Waals surface area contributed by atoms with E-state index in [1.54, 1.807) is 43.0 Å². The highest BCUT2D eigenvalue weighted by Crippen LogP contribution is 2.28. The Morgan fingerprint density at radius 3 is 2.48 bits per heavy atom. The zero-order valence-corrected chi connectivity index (χ0v) is 16.5. The summed E-state index contributed by atoms with van der Waals surface area (Å²) in [5, 5.41) is 3.50. The number of carbonyl (C=O) groups is 2. The molecule has 1 heterocycles. The Kier molecular flexibility index (Phi) is 5.42. The first kappa shape index (κ1) is 19.2. The van der Waals surface area contributed by atoms with Crippen LogP contribution in [0.3, 0.4) is 0 Å². The minimum absolute atomic E-state index is 0.146. The van der Waals surface area contributed by atoms with Crippen molar-refractivity contribution in [3.63, 3.8) is 0 Å². The molecule has 0 bridgehead atoms. The highest BCUT2D eigenvalue weighted by molar-refractivity contribution is 6.30. The van der Waals surface area contributed by atoms with Gasteiger partial charge in [0.1, 0.15) is 5.75 Å². The molecule has 0 aromatic heterocycles. The Morgan fingerprint density at radius 1 is 1.19 bits per heavy atom. The molecule has 1 fully saturated rings. The van der Waals surface area contributed by atoms with Crippen molar-refractivity contribution in [3.05, 3.63) is 53.1 Å². The Morgan fingerprint density at radius 2 is 1.89 bits per heavy atom. The SMILES string of the molecule is Cc1cc(NC(=O)C(C)(C)Oc2ccc(Cl)cc2)ccc1N1CCCC1=O. The third-order valence-electron chi connectivity index (χ3n) is 4.55. The summed E-state index contributed by atoms with van der Waals surface area (Å²) in [6.45, 7) is 6.10. The van der Waals surface area contributed by atoms with Crippen molar-refractivity contribution in [2.45, 2.75) is 39.2 Å². The highest BCUT2D eigenvalue weighted by atomic mass is 35.5. The third-order valence-corrected chi connectivity index (χ3v) is 4.80. The van der Waals surface area contributed by atoms with Crippen LogP contribution in [0.1, 0.15) is 32.3 Å². The molecule has 0 saturated carbocycles. The summed E-state index contributed by atoms with van der Waals surface area (Å²) in [7, 11) is 0. The van der Waals surface area contributed by atoms with Crippen LogP contribution in [0.2, 0.25) is 5.02 Å². The van der Waals surface area contributed by atoms with Gasteiger partial charge in [0.05, 0.1) is 0 Å². The third kappa shape index (κ3) is 4.42. The van der Waals surface area contributed by atoms with Gasteiger partial charge in [0.25, 0.3) is 5.91 Å². The molecule has 1 aliphatic rings. The van der Waals surface area contributed by atoms with Gasteiger partial charge in [0.15, 0.2) is 5.60 Å². The number of rotatable bonds is 5. The Bertz CT molecular complexity index is 862. The van der Waals surface area contributed by atoms with Crippen LogP contribution in [0.25, 0.3) is 0 Å². The molecule has 2 aromatic carbocycles. The van der Waals surface area contributed by atoms with Gasteiger partial charge in [-0.25, -0.2) is 0 Å². The second kappa shape index (κ2) is 7.61. The first-order valence-electron chi connectivity index (χ1n) is 8.93. The molecule has 1 aliphatic heterocycles. The lowest BCUT2D eigenvalue weighted by atomic mass is 10.1. The van der Waals surface area contributed by atoms with Crippen molar-refractivity contribution in [1.29, 1.82) is 0 Å². The normalized spacial score (nSPS) is 14.4. The van der Waals surface area contributed by atoms with Gasteiger partial charge in [-0.15, -0.1) is 0 Å². The molecule has 142 valence electrons. The Balaban J connectivity index is 1.70. The minimum Gasteiger partial charge on any atom is -0.478 e. The van der Waals surface area contributed by atoms with Crippen molar-refractivity contribution in [3.8, 4) is 5.75 Å². The number of nitrogens with zero attached hydrogens (tertiary/aromatic N) is 1. The number of anilines is 2. The average Bonchev–Trinajstić information content (AvgIpc) is 3.03. The summed E-state index contributed by atoms with van der Waals surface area (Å²) >= 11 is 5.88. The van der Waals surface area contributed by atoms with Crippen LogP contribution < -0.4 is 15.0 Å². The van der Waals surface area contributed by atoms with Gasteiger partial charge in [-0.1, -0.05) is 11.6 Å². The fraction of sp³-hybridized carbons (Fsp3) is 0.333. The van der Waals surface area contributed by atoms with Crippen LogP contribution in [0, 0.1) is 6.92 Å². The number of hydrogen-bond acceptors (Lipinski definition) is 3. The summed E-state index contributed by atoms with van der Waals surface area (Å²) in [4.78, 5) is 26.4. The van der Waals surface area contributed by atoms with Gasteiger partial charge in [0, 0.05) is 29.4 Å². The van der Waals surface area contributed by atoms with E-state index >= 15 is 0 Å². The molecule has 0 unspecified atom stereocenters. The van der Waals surface area contributed by atoms with Gasteiger partial charge in [-0.05, 0) is 75.2 Å². The lowest BCUT2D eigenvalue weighted by Gasteiger charge is -2.26. The van der Waals surface area contributed by atoms with E-state index in [-0.39, 0.29) is 11.8 Å². The lowest BCUT2D eigenvalue weighted by Crippen LogP contribution is -2.42. The van der Waals surface area contributed by atoms with Gasteiger partial charge in [0.2, 0.25) is 5.91 Å². The molecular weight excluding hydrogens is 364 g/mol. The van der Waals surface area contributed by atoms with Crippen LogP contribution >= 0.6 is 11.6 Å². The maximum atomic E-state index is 12.7. The molecule has 1 N–H and O–H groups in total. The number of ether oxygens (including phenoxy) is 1. The highest BCUT2D eigenvalue weighted by Gasteiger charge is 2.30. The van der Waals surface area contributed by atoms with E-state index in [4.69, 9.17) is 16.3 Å². The number of hydrogen-bond donors (Lipinski definition) is 1. The molecule has 5 nitrogen and oxygen atoms in total. The summed E-state index contributed by atoms with van der Waals surface area (Å²) in [6.07, 6.45) is 1.47. The van der Waals surface area contributed by atoms with Crippen molar-refractivity contribution in [2.75, 3.05) is 16.8 Å². The van der Waals surface area contributed by atoms with Gasteiger partial charge < -0.3 is 15.0 Å². The smallest absolute Gasteiger partial charge is 0.267 e.